The Hall–Kier alpha value is -12.8. The molecule has 3 aromatic heterocycles. The number of H-pyrrole nitrogens is 3. The second kappa shape index (κ2) is 47.5. The van der Waals surface area contributed by atoms with Gasteiger partial charge < -0.3 is 114 Å². The number of aliphatic hydroxyl groups excluding tert-OH is 2. The van der Waals surface area contributed by atoms with E-state index >= 15 is 33.6 Å². The number of imidazole rings is 1. The van der Waals surface area contributed by atoms with Gasteiger partial charge in [-0.2, -0.15) is 0 Å². The number of thioether (sulfide) groups is 1. The van der Waals surface area contributed by atoms with Gasteiger partial charge in [0.1, 0.15) is 78.3 Å². The first-order chi connectivity index (χ1) is 61.9. The molecular formula is C89H122N20O20S. The van der Waals surface area contributed by atoms with E-state index in [2.05, 4.69) is 67.8 Å². The number of ketones is 1. The molecule has 130 heavy (non-hydrogen) atoms. The monoisotopic (exact) mass is 1820 g/mol. The number of rotatable bonds is 22. The fourth-order valence-electron chi connectivity index (χ4n) is 16.4. The summed E-state index contributed by atoms with van der Waals surface area (Å²) in [6.45, 7) is 7.53. The lowest BCUT2D eigenvalue weighted by atomic mass is 9.90. The maximum absolute atomic E-state index is 15.6. The molecule has 16 amide bonds. The molecule has 704 valence electrons. The zero-order valence-electron chi connectivity index (χ0n) is 74.6. The van der Waals surface area contributed by atoms with E-state index in [0.717, 1.165) is 36.3 Å². The number of para-hydroxylation sites is 2. The van der Waals surface area contributed by atoms with Crippen molar-refractivity contribution in [3.63, 3.8) is 0 Å². The third-order valence-electron chi connectivity index (χ3n) is 23.8. The molecular weight excluding hydrogens is 1700 g/mol. The van der Waals surface area contributed by atoms with Crippen LogP contribution in [0.15, 0.2) is 97.7 Å². The van der Waals surface area contributed by atoms with Crippen LogP contribution in [0.25, 0.3) is 21.8 Å². The third-order valence-corrected chi connectivity index (χ3v) is 24.8. The van der Waals surface area contributed by atoms with E-state index in [1.54, 1.807) is 74.8 Å². The normalized spacial score (nSPS) is 25.4. The first kappa shape index (κ1) is 101. The molecule has 3 aliphatic heterocycles. The van der Waals surface area contributed by atoms with Gasteiger partial charge in [-0.05, 0) is 99.2 Å². The number of phenolic OH excluding ortho intramolecular Hbond substituents is 1. The van der Waals surface area contributed by atoms with Gasteiger partial charge in [0.25, 0.3) is 0 Å². The highest BCUT2D eigenvalue weighted by Crippen LogP contribution is 2.30. The molecule has 9 rings (SSSR count). The molecule has 0 spiro atoms. The van der Waals surface area contributed by atoms with Crippen molar-refractivity contribution in [3.05, 3.63) is 120 Å². The number of benzene rings is 3. The molecule has 6 heterocycles. The van der Waals surface area contributed by atoms with Gasteiger partial charge in [-0.25, -0.2) is 4.98 Å². The summed E-state index contributed by atoms with van der Waals surface area (Å²) in [6.07, 6.45) is 3.90. The van der Waals surface area contributed by atoms with Gasteiger partial charge in [0.05, 0.1) is 43.8 Å². The highest BCUT2D eigenvalue weighted by Gasteiger charge is 2.47. The lowest BCUT2D eigenvalue weighted by Crippen LogP contribution is -2.60. The minimum atomic E-state index is -1.83. The minimum absolute atomic E-state index is 0.00396. The molecule has 1 unspecified atom stereocenters. The summed E-state index contributed by atoms with van der Waals surface area (Å²) in [6, 6.07) is 0.247. The number of carbonyl (C=O) groups is 17. The number of hydrogen-bond donors (Lipinski definition) is 17. The van der Waals surface area contributed by atoms with Crippen molar-refractivity contribution in [2.45, 2.75) is 229 Å². The fourth-order valence-corrected chi connectivity index (χ4v) is 17.3. The molecule has 0 aliphatic carbocycles. The van der Waals surface area contributed by atoms with Crippen molar-refractivity contribution in [2.75, 3.05) is 58.9 Å². The number of hydrogen-bond acceptors (Lipinski definition) is 22. The Morgan fingerprint density at radius 1 is 0.577 bits per heavy atom. The fraction of sp³-hybridized carbons (Fsp3) is 0.528. The number of nitrogens with zero attached hydrogens (tertiary/aromatic N) is 6. The Bertz CT molecular complexity index is 5040. The number of likely N-dealkylation sites (N-methyl/N-ethyl adjacent to an activating group) is 3. The molecule has 40 nitrogen and oxygen atoms in total. The Labute approximate surface area is 756 Å². The molecule has 0 saturated carbocycles. The SMILES string of the molecule is CCCC[C@H]1C(=O)N(C)[C@@H](CCCC)C(=O)N[C@@H](C)C(=O)N[C@H](C(=O)NCC(N)=O)CSCC(=O)N[C@@H](Cc2ccc(O)cc2)C(=O)N(C)[C@@H](C)C(=O)N[C@@H](CC(N)=O)C(=O)N2CCC[C@H]2C(=O)N[C@@H](Cc2cnc[nH]2)C(=O)N[C@@H](CC(C)C)C(=O)N2C[C@H](O)CC2C(=O)C[C@@H](Cc2c[nH]c3ccccc23)C(=O)N[C@@H](CO)C(=O)N[C@@H](Cc2c[nH]c3ccccc23)C(=O)N1C. The van der Waals surface area contributed by atoms with E-state index in [1.165, 1.54) is 71.8 Å². The van der Waals surface area contributed by atoms with Crippen LogP contribution in [0.4, 0.5) is 0 Å². The number of primary amides is 2. The van der Waals surface area contributed by atoms with E-state index in [4.69, 9.17) is 11.5 Å². The van der Waals surface area contributed by atoms with E-state index in [0.29, 0.717) is 69.9 Å². The lowest BCUT2D eigenvalue weighted by molar-refractivity contribution is -0.149. The molecule has 0 radical (unpaired) electrons. The van der Waals surface area contributed by atoms with Crippen LogP contribution in [-0.4, -0.2) is 304 Å². The maximum Gasteiger partial charge on any atom is 0.246 e. The van der Waals surface area contributed by atoms with E-state index in [1.807, 2.05) is 13.8 Å². The second-order valence-electron chi connectivity index (χ2n) is 34.0. The third kappa shape index (κ3) is 27.2. The number of aromatic nitrogens is 4. The molecule has 3 aliphatic rings. The summed E-state index contributed by atoms with van der Waals surface area (Å²) in [7, 11) is 3.95. The zero-order valence-corrected chi connectivity index (χ0v) is 75.4. The van der Waals surface area contributed by atoms with Crippen molar-refractivity contribution >= 4 is 134 Å². The van der Waals surface area contributed by atoms with Crippen LogP contribution in [0, 0.1) is 11.8 Å². The number of aliphatic hydroxyl groups is 2. The molecule has 6 aromatic rings. The predicted molar refractivity (Wildman–Crippen MR) is 477 cm³/mol. The zero-order chi connectivity index (χ0) is 94.9. The molecule has 3 aromatic carbocycles. The number of amides is 16. The highest BCUT2D eigenvalue weighted by molar-refractivity contribution is 8.00. The summed E-state index contributed by atoms with van der Waals surface area (Å²) < 4.78 is 0. The number of unbranched alkanes of at least 4 members (excludes halogenated alkanes) is 2. The van der Waals surface area contributed by atoms with E-state index in [9.17, 15) is 63.3 Å². The Morgan fingerprint density at radius 3 is 1.77 bits per heavy atom. The number of carbonyl (C=O) groups excluding carboxylic acids is 17. The van der Waals surface area contributed by atoms with E-state index in [-0.39, 0.29) is 82.4 Å². The summed E-state index contributed by atoms with van der Waals surface area (Å²) in [4.78, 5) is 267. The van der Waals surface area contributed by atoms with Crippen molar-refractivity contribution < 1.29 is 96.8 Å². The standard InChI is InChI=1S/C89H122N20O20S/c1-10-12-23-69-83(123)97-49(5)77(117)104-68(80(120)95-42-75(91)115)45-130-46-76(116)98-64(32-51-26-28-56(111)29-27-51)85(125)105(7)50(6)78(118)100-66(38-74(90)114)87(127)108-30-18-25-70(108)84(124)99-62(36-55-41-92-47-96-55)81(121)101-63(31-48(3)4)88(128)109-43-57(112)37-72(109)73(113)35-52(33-53-39-93-60-21-16-14-19-58(53)60)79(119)103-67(44-110)82(122)102-65(34-54-40-94-61-22-17-15-20-59(54)61)86(126)107(9)71(24-13-11-2)89(129)106(69)8/h14-17,19-22,26-29,39-41,47-50,52,57,62-72,93-94,110-112H,10-13,18,23-25,30-38,42-46H2,1-9H3,(H2,90,114)(H2,91,115)(H,92,96)(H,95,120)(H,97,123)(H,98,116)(H,99,124)(H,100,118)(H,101,121)(H,102,122)(H,103,119)(H,104,117)/t49-,50-,52+,57+,62-,63-,64-,65-,66-,67-,68-,69-,70-,71-,72?/m0/s1. The average Bonchev–Trinajstić information content (AvgIpc) is 1.63. The summed E-state index contributed by atoms with van der Waals surface area (Å²) in [5, 5.41) is 57.8. The molecule has 15 atom stereocenters. The smallest absolute Gasteiger partial charge is 0.246 e. The summed E-state index contributed by atoms with van der Waals surface area (Å²) in [5.41, 5.74) is 14.2. The molecule has 19 N–H and O–H groups in total. The van der Waals surface area contributed by atoms with Crippen LogP contribution < -0.4 is 59.3 Å². The van der Waals surface area contributed by atoms with Gasteiger partial charge in [0.15, 0.2) is 5.78 Å². The molecule has 41 heteroatoms. The van der Waals surface area contributed by atoms with Crippen LogP contribution in [0.3, 0.4) is 0 Å². The van der Waals surface area contributed by atoms with E-state index < -0.39 is 235 Å². The Balaban J connectivity index is 1.08. The quantitative estimate of drug-likeness (QED) is 0.0384. The van der Waals surface area contributed by atoms with Crippen LogP contribution >= 0.6 is 11.8 Å². The number of nitrogens with one attached hydrogen (secondary N) is 12. The summed E-state index contributed by atoms with van der Waals surface area (Å²) in [5.74, 6) is -18.1. The van der Waals surface area contributed by atoms with Gasteiger partial charge >= 0.3 is 0 Å². The average molecular weight is 1820 g/mol. The van der Waals surface area contributed by atoms with Gasteiger partial charge in [0.2, 0.25) is 94.5 Å². The number of Topliss-reactive ketones (excluding diaryl/α,β-unsaturated/α-hetero) is 1. The van der Waals surface area contributed by atoms with Gasteiger partial charge in [-0.1, -0.05) is 102 Å². The molecule has 3 fully saturated rings. The largest absolute Gasteiger partial charge is 0.508 e. The first-order valence-electron chi connectivity index (χ1n) is 43.8. The van der Waals surface area contributed by atoms with Crippen LogP contribution in [-0.2, 0) is 107 Å². The Kier molecular flexibility index (Phi) is 36.9. The topological polar surface area (TPSA) is 588 Å². The van der Waals surface area contributed by atoms with Gasteiger partial charge in [0, 0.05) is 124 Å². The number of phenols is 1. The number of aromatic hydroxyl groups is 1. The van der Waals surface area contributed by atoms with Crippen molar-refractivity contribution in [1.82, 2.24) is 92.3 Å². The highest BCUT2D eigenvalue weighted by atomic mass is 32.2. The Morgan fingerprint density at radius 2 is 1.15 bits per heavy atom. The van der Waals surface area contributed by atoms with Crippen LogP contribution in [0.2, 0.25) is 0 Å². The van der Waals surface area contributed by atoms with Crippen molar-refractivity contribution in [3.8, 4) is 5.75 Å². The molecule has 0 bridgehead atoms. The number of aromatic amines is 3. The van der Waals surface area contributed by atoms with Gasteiger partial charge in [-0.15, -0.1) is 11.8 Å². The van der Waals surface area contributed by atoms with Gasteiger partial charge in [-0.3, -0.25) is 81.5 Å². The number of fused-ring (bicyclic) bond motifs is 4. The second-order valence-corrected chi connectivity index (χ2v) is 35.0. The van der Waals surface area contributed by atoms with Crippen LogP contribution in [0.1, 0.15) is 141 Å². The van der Waals surface area contributed by atoms with Crippen LogP contribution in [0.5, 0.6) is 5.75 Å². The molecule has 3 saturated heterocycles. The minimum Gasteiger partial charge on any atom is -0.508 e. The summed E-state index contributed by atoms with van der Waals surface area (Å²) >= 11 is 0.785. The first-order valence-corrected chi connectivity index (χ1v) is 45.0. The number of nitrogens with two attached hydrogens (primary N) is 2. The predicted octanol–water partition coefficient (Wildman–Crippen LogP) is -1.08. The lowest BCUT2D eigenvalue weighted by Gasteiger charge is -2.36. The van der Waals surface area contributed by atoms with Crippen molar-refractivity contribution in [2.24, 2.45) is 23.3 Å². The van der Waals surface area contributed by atoms with Crippen molar-refractivity contribution in [1.29, 1.82) is 0 Å². The maximum atomic E-state index is 15.6.